The van der Waals surface area contributed by atoms with Gasteiger partial charge >= 0.3 is 5.97 Å². The number of likely N-dealkylation sites (tertiary alicyclic amines) is 1. The van der Waals surface area contributed by atoms with Crippen LogP contribution in [-0.2, 0) is 16.1 Å². The molecule has 1 saturated heterocycles. The van der Waals surface area contributed by atoms with Crippen LogP contribution in [0.1, 0.15) is 17.7 Å². The first-order valence-electron chi connectivity index (χ1n) is 6.91. The van der Waals surface area contributed by atoms with Crippen molar-refractivity contribution in [3.05, 3.63) is 35.8 Å². The Morgan fingerprint density at radius 3 is 3.15 bits per heavy atom. The standard InChI is InChI=1S/C15H19N3O2/c1-11-4-3-6-18-10-13(16-14(11)18)9-17-7-5-12(8-17)15(19)20-2/h3-4,6,10,12H,5,7-9H2,1-2H3. The van der Waals surface area contributed by atoms with Crippen LogP contribution in [-0.4, -0.2) is 40.5 Å². The van der Waals surface area contributed by atoms with Gasteiger partial charge in [-0.2, -0.15) is 0 Å². The minimum absolute atomic E-state index is 0.0127. The predicted octanol–water partition coefficient (Wildman–Crippen LogP) is 1.64. The molecular formula is C15H19N3O2. The van der Waals surface area contributed by atoms with E-state index in [1.807, 2.05) is 12.3 Å². The van der Waals surface area contributed by atoms with E-state index in [1.54, 1.807) is 0 Å². The molecule has 0 spiro atoms. The molecule has 0 amide bonds. The molecule has 1 aliphatic heterocycles. The minimum Gasteiger partial charge on any atom is -0.469 e. The van der Waals surface area contributed by atoms with Crippen LogP contribution in [0.3, 0.4) is 0 Å². The van der Waals surface area contributed by atoms with Gasteiger partial charge in [-0.05, 0) is 31.5 Å². The topological polar surface area (TPSA) is 46.8 Å². The highest BCUT2D eigenvalue weighted by Crippen LogP contribution is 2.20. The van der Waals surface area contributed by atoms with Gasteiger partial charge in [-0.15, -0.1) is 0 Å². The fraction of sp³-hybridized carbons (Fsp3) is 0.467. The fourth-order valence-electron chi connectivity index (χ4n) is 2.84. The average Bonchev–Trinajstić information content (AvgIpc) is 3.05. The second kappa shape index (κ2) is 5.25. The van der Waals surface area contributed by atoms with Crippen LogP contribution in [0.2, 0.25) is 0 Å². The number of aryl methyl sites for hydroxylation is 1. The van der Waals surface area contributed by atoms with Crippen LogP contribution in [0, 0.1) is 12.8 Å². The number of esters is 1. The van der Waals surface area contributed by atoms with E-state index in [0.29, 0.717) is 0 Å². The third kappa shape index (κ3) is 2.41. The van der Waals surface area contributed by atoms with Gasteiger partial charge in [0.2, 0.25) is 0 Å². The Kier molecular flexibility index (Phi) is 3.44. The number of nitrogens with zero attached hydrogens (tertiary/aromatic N) is 3. The van der Waals surface area contributed by atoms with Crippen LogP contribution < -0.4 is 0 Å². The number of pyridine rings is 1. The van der Waals surface area contributed by atoms with Gasteiger partial charge in [0.25, 0.3) is 0 Å². The number of carbonyl (C=O) groups is 1. The Hall–Kier alpha value is -1.88. The second-order valence-electron chi connectivity index (χ2n) is 5.40. The molecule has 3 rings (SSSR count). The molecule has 0 aliphatic carbocycles. The minimum atomic E-state index is -0.0988. The number of hydrogen-bond acceptors (Lipinski definition) is 4. The quantitative estimate of drug-likeness (QED) is 0.798. The Morgan fingerprint density at radius 2 is 2.40 bits per heavy atom. The van der Waals surface area contributed by atoms with Crippen molar-refractivity contribution in [3.63, 3.8) is 0 Å². The molecule has 2 aromatic rings. The van der Waals surface area contributed by atoms with Crippen molar-refractivity contribution in [2.24, 2.45) is 5.92 Å². The van der Waals surface area contributed by atoms with E-state index in [1.165, 1.54) is 12.7 Å². The van der Waals surface area contributed by atoms with Crippen molar-refractivity contribution in [3.8, 4) is 0 Å². The molecule has 0 N–H and O–H groups in total. The van der Waals surface area contributed by atoms with Crippen molar-refractivity contribution in [1.29, 1.82) is 0 Å². The van der Waals surface area contributed by atoms with Crippen molar-refractivity contribution in [2.45, 2.75) is 19.9 Å². The molecule has 1 unspecified atom stereocenters. The summed E-state index contributed by atoms with van der Waals surface area (Å²) in [5.74, 6) is -0.0860. The molecule has 0 aromatic carbocycles. The van der Waals surface area contributed by atoms with Gasteiger partial charge in [0, 0.05) is 25.5 Å². The number of hydrogen-bond donors (Lipinski definition) is 0. The monoisotopic (exact) mass is 273 g/mol. The van der Waals surface area contributed by atoms with Gasteiger partial charge < -0.3 is 9.14 Å². The number of carbonyl (C=O) groups excluding carboxylic acids is 1. The summed E-state index contributed by atoms with van der Waals surface area (Å²) in [6, 6.07) is 4.09. The predicted molar refractivity (Wildman–Crippen MR) is 75.3 cm³/mol. The van der Waals surface area contributed by atoms with Gasteiger partial charge in [-0.25, -0.2) is 4.98 Å². The van der Waals surface area contributed by atoms with Crippen LogP contribution in [0.25, 0.3) is 5.65 Å². The van der Waals surface area contributed by atoms with E-state index in [-0.39, 0.29) is 11.9 Å². The molecule has 3 heterocycles. The number of methoxy groups -OCH3 is 1. The zero-order valence-electron chi connectivity index (χ0n) is 11.9. The maximum Gasteiger partial charge on any atom is 0.310 e. The molecule has 106 valence electrons. The van der Waals surface area contributed by atoms with Gasteiger partial charge in [0.05, 0.1) is 18.7 Å². The first-order valence-corrected chi connectivity index (χ1v) is 6.91. The Labute approximate surface area is 118 Å². The summed E-state index contributed by atoms with van der Waals surface area (Å²) < 4.78 is 6.87. The van der Waals surface area contributed by atoms with E-state index in [2.05, 4.69) is 33.5 Å². The largest absolute Gasteiger partial charge is 0.469 e. The molecule has 2 aromatic heterocycles. The van der Waals surface area contributed by atoms with Crippen molar-refractivity contribution < 1.29 is 9.53 Å². The van der Waals surface area contributed by atoms with Gasteiger partial charge in [0.15, 0.2) is 0 Å². The number of imidazole rings is 1. The van der Waals surface area contributed by atoms with Crippen LogP contribution in [0.5, 0.6) is 0 Å². The number of ether oxygens (including phenoxy) is 1. The summed E-state index contributed by atoms with van der Waals surface area (Å²) >= 11 is 0. The summed E-state index contributed by atoms with van der Waals surface area (Å²) in [7, 11) is 1.45. The molecule has 0 radical (unpaired) electrons. The lowest BCUT2D eigenvalue weighted by molar-refractivity contribution is -0.144. The zero-order chi connectivity index (χ0) is 14.1. The van der Waals surface area contributed by atoms with E-state index < -0.39 is 0 Å². The molecule has 0 saturated carbocycles. The normalized spacial score (nSPS) is 19.6. The first-order chi connectivity index (χ1) is 9.67. The highest BCUT2D eigenvalue weighted by atomic mass is 16.5. The molecule has 0 bridgehead atoms. The Balaban J connectivity index is 1.71. The molecule has 1 fully saturated rings. The highest BCUT2D eigenvalue weighted by molar-refractivity contribution is 5.72. The van der Waals surface area contributed by atoms with Crippen molar-refractivity contribution in [2.75, 3.05) is 20.2 Å². The fourth-order valence-corrected chi connectivity index (χ4v) is 2.84. The highest BCUT2D eigenvalue weighted by Gasteiger charge is 2.29. The maximum absolute atomic E-state index is 11.5. The molecule has 20 heavy (non-hydrogen) atoms. The lowest BCUT2D eigenvalue weighted by Gasteiger charge is -2.13. The molecule has 5 nitrogen and oxygen atoms in total. The lowest BCUT2D eigenvalue weighted by Crippen LogP contribution is -2.23. The van der Waals surface area contributed by atoms with Crippen molar-refractivity contribution in [1.82, 2.24) is 14.3 Å². The van der Waals surface area contributed by atoms with Gasteiger partial charge in [-0.1, -0.05) is 6.07 Å². The maximum atomic E-state index is 11.5. The Bertz CT molecular complexity index is 635. The second-order valence-corrected chi connectivity index (χ2v) is 5.40. The van der Waals surface area contributed by atoms with Crippen molar-refractivity contribution >= 4 is 11.6 Å². The SMILES string of the molecule is COC(=O)C1CCN(Cc2cn3cccc(C)c3n2)C1. The lowest BCUT2D eigenvalue weighted by atomic mass is 10.1. The zero-order valence-corrected chi connectivity index (χ0v) is 11.9. The molecule has 1 aliphatic rings. The van der Waals surface area contributed by atoms with E-state index >= 15 is 0 Å². The Morgan fingerprint density at radius 1 is 1.55 bits per heavy atom. The van der Waals surface area contributed by atoms with E-state index in [9.17, 15) is 4.79 Å². The summed E-state index contributed by atoms with van der Waals surface area (Å²) in [6.45, 7) is 4.54. The summed E-state index contributed by atoms with van der Waals surface area (Å²) in [6.07, 6.45) is 4.95. The van der Waals surface area contributed by atoms with E-state index in [4.69, 9.17) is 4.74 Å². The summed E-state index contributed by atoms with van der Waals surface area (Å²) in [5.41, 5.74) is 3.23. The van der Waals surface area contributed by atoms with Crippen LogP contribution in [0.4, 0.5) is 0 Å². The molecular weight excluding hydrogens is 254 g/mol. The third-order valence-electron chi connectivity index (χ3n) is 3.92. The van der Waals surface area contributed by atoms with Gasteiger partial charge in [0.1, 0.15) is 5.65 Å². The molecule has 5 heteroatoms. The summed E-state index contributed by atoms with van der Waals surface area (Å²) in [4.78, 5) is 18.5. The number of rotatable bonds is 3. The number of fused-ring (bicyclic) bond motifs is 1. The first kappa shape index (κ1) is 13.1. The third-order valence-corrected chi connectivity index (χ3v) is 3.92. The molecule has 1 atom stereocenters. The van der Waals surface area contributed by atoms with Gasteiger partial charge in [-0.3, -0.25) is 9.69 Å². The average molecular weight is 273 g/mol. The summed E-state index contributed by atoms with van der Waals surface area (Å²) in [5, 5.41) is 0. The van der Waals surface area contributed by atoms with Crippen LogP contribution >= 0.6 is 0 Å². The smallest absolute Gasteiger partial charge is 0.310 e. The number of aromatic nitrogens is 2. The van der Waals surface area contributed by atoms with E-state index in [0.717, 1.165) is 37.4 Å². The van der Waals surface area contributed by atoms with Crippen LogP contribution in [0.15, 0.2) is 24.5 Å².